The summed E-state index contributed by atoms with van der Waals surface area (Å²) in [5.41, 5.74) is -0.738. The van der Waals surface area contributed by atoms with Crippen molar-refractivity contribution in [3.05, 3.63) is 0 Å². The second kappa shape index (κ2) is 7.81. The molecule has 0 amide bonds. The average molecular weight is 224 g/mol. The van der Waals surface area contributed by atoms with Crippen LogP contribution in [0.3, 0.4) is 0 Å². The number of carboxylic acid groups (broad SMARTS) is 2. The topological polar surface area (TPSA) is 74.6 Å². The fourth-order valence-electron chi connectivity index (χ4n) is 0.846. The van der Waals surface area contributed by atoms with Crippen molar-refractivity contribution in [1.29, 1.82) is 0 Å². The van der Waals surface area contributed by atoms with Gasteiger partial charge in [-0.3, -0.25) is 9.59 Å². The molecule has 0 atom stereocenters. The van der Waals surface area contributed by atoms with Gasteiger partial charge in [0.1, 0.15) is 0 Å². The van der Waals surface area contributed by atoms with Gasteiger partial charge in [-0.25, -0.2) is 0 Å². The van der Waals surface area contributed by atoms with Crippen LogP contribution >= 0.6 is 0 Å². The van der Waals surface area contributed by atoms with Crippen molar-refractivity contribution < 1.29 is 104 Å². The Morgan fingerprint density at radius 3 is 1.38 bits per heavy atom. The van der Waals surface area contributed by atoms with Gasteiger partial charge in [0, 0.05) is 0 Å². The van der Waals surface area contributed by atoms with Gasteiger partial charge in [0.2, 0.25) is 0 Å². The second-order valence-corrected chi connectivity index (χ2v) is 3.48. The van der Waals surface area contributed by atoms with E-state index in [0.717, 1.165) is 0 Å². The van der Waals surface area contributed by atoms with Crippen LogP contribution in [0, 0.1) is 11.3 Å². The van der Waals surface area contributed by atoms with E-state index in [1.165, 1.54) is 0 Å². The molecule has 0 rings (SSSR count). The molecular formula is C7H14KNaO4. The fraction of sp³-hybridized carbons (Fsp3) is 0.714. The predicted octanol–water partition coefficient (Wildman–Crippen LogP) is -4.95. The van der Waals surface area contributed by atoms with Crippen LogP contribution in [0.2, 0.25) is 0 Å². The average Bonchev–Trinajstić information content (AvgIpc) is 1.54. The monoisotopic (exact) mass is 224 g/mol. The van der Waals surface area contributed by atoms with Crippen molar-refractivity contribution in [1.82, 2.24) is 0 Å². The fourth-order valence-corrected chi connectivity index (χ4v) is 0.846. The van der Waals surface area contributed by atoms with Gasteiger partial charge < -0.3 is 13.1 Å². The van der Waals surface area contributed by atoms with Crippen LogP contribution < -0.4 is 80.9 Å². The van der Waals surface area contributed by atoms with Crippen molar-refractivity contribution in [2.24, 2.45) is 11.3 Å². The molecule has 0 aliphatic carbocycles. The molecule has 2 N–H and O–H groups in total. The predicted molar refractivity (Wildman–Crippen MR) is 40.4 cm³/mol. The third-order valence-electron chi connectivity index (χ3n) is 1.36. The molecule has 0 heterocycles. The van der Waals surface area contributed by atoms with E-state index in [-0.39, 0.29) is 83.8 Å². The van der Waals surface area contributed by atoms with Gasteiger partial charge >= 0.3 is 92.9 Å². The SMILES string of the molecule is CC(C)(C)C(C(=O)O)C(=O)O.[H-].[H-].[K+].[Na+]. The van der Waals surface area contributed by atoms with Gasteiger partial charge in [-0.15, -0.1) is 0 Å². The number of carboxylic acids is 2. The van der Waals surface area contributed by atoms with Gasteiger partial charge in [0.05, 0.1) is 0 Å². The van der Waals surface area contributed by atoms with Crippen molar-refractivity contribution >= 4 is 11.9 Å². The van der Waals surface area contributed by atoms with Gasteiger partial charge in [0.25, 0.3) is 0 Å². The van der Waals surface area contributed by atoms with Crippen LogP contribution in [0.25, 0.3) is 0 Å². The van der Waals surface area contributed by atoms with Crippen LogP contribution in [0.4, 0.5) is 0 Å². The molecule has 0 bridgehead atoms. The summed E-state index contributed by atoms with van der Waals surface area (Å²) < 4.78 is 0. The summed E-state index contributed by atoms with van der Waals surface area (Å²) in [4.78, 5) is 20.8. The third-order valence-corrected chi connectivity index (χ3v) is 1.36. The molecule has 0 aliphatic rings. The van der Waals surface area contributed by atoms with Gasteiger partial charge in [-0.1, -0.05) is 20.8 Å². The van der Waals surface area contributed by atoms with Crippen LogP contribution in [0.15, 0.2) is 0 Å². The Morgan fingerprint density at radius 1 is 1.15 bits per heavy atom. The molecule has 0 fully saturated rings. The molecule has 0 spiro atoms. The van der Waals surface area contributed by atoms with Crippen LogP contribution in [0.5, 0.6) is 0 Å². The zero-order valence-electron chi connectivity index (χ0n) is 10.8. The second-order valence-electron chi connectivity index (χ2n) is 3.48. The minimum atomic E-state index is -1.33. The standard InChI is InChI=1S/C7H12O4.K.Na.2H/c1-7(2,3)4(5(8)9)6(10)11;;;;/h4H,1-3H3,(H,8,9)(H,10,11);;;;/q;2*+1;2*-1. The first-order valence-corrected chi connectivity index (χ1v) is 3.22. The molecule has 0 aromatic rings. The van der Waals surface area contributed by atoms with Gasteiger partial charge in [-0.05, 0) is 5.41 Å². The molecule has 6 heteroatoms. The summed E-state index contributed by atoms with van der Waals surface area (Å²) in [6.45, 7) is 4.75. The Hall–Kier alpha value is 1.58. The minimum Gasteiger partial charge on any atom is -1.00 e. The summed E-state index contributed by atoms with van der Waals surface area (Å²) in [6.07, 6.45) is 0. The van der Waals surface area contributed by atoms with Crippen molar-refractivity contribution in [3.8, 4) is 0 Å². The maximum Gasteiger partial charge on any atom is 1.00 e. The zero-order valence-corrected chi connectivity index (χ0v) is 13.9. The van der Waals surface area contributed by atoms with Crippen molar-refractivity contribution in [3.63, 3.8) is 0 Å². The van der Waals surface area contributed by atoms with Crippen molar-refractivity contribution in [2.75, 3.05) is 0 Å². The van der Waals surface area contributed by atoms with Crippen molar-refractivity contribution in [2.45, 2.75) is 20.8 Å². The van der Waals surface area contributed by atoms with Crippen LogP contribution in [0.1, 0.15) is 23.6 Å². The molecule has 4 nitrogen and oxygen atoms in total. The first-order chi connectivity index (χ1) is 4.76. The Balaban J connectivity index is -0.0000000833. The largest absolute Gasteiger partial charge is 1.00 e. The van der Waals surface area contributed by atoms with E-state index in [9.17, 15) is 9.59 Å². The van der Waals surface area contributed by atoms with E-state index in [2.05, 4.69) is 0 Å². The Morgan fingerprint density at radius 2 is 1.38 bits per heavy atom. The summed E-state index contributed by atoms with van der Waals surface area (Å²) >= 11 is 0. The van der Waals surface area contributed by atoms with Crippen LogP contribution in [-0.4, -0.2) is 22.2 Å². The molecule has 0 aliphatic heterocycles. The molecule has 0 aromatic carbocycles. The van der Waals surface area contributed by atoms with Gasteiger partial charge in [0.15, 0.2) is 5.92 Å². The summed E-state index contributed by atoms with van der Waals surface area (Å²) in [5, 5.41) is 17.0. The molecule has 0 aromatic heterocycles. The maximum atomic E-state index is 10.4. The number of aliphatic carboxylic acids is 2. The van der Waals surface area contributed by atoms with Gasteiger partial charge in [-0.2, -0.15) is 0 Å². The summed E-state index contributed by atoms with van der Waals surface area (Å²) in [7, 11) is 0. The Kier molecular flexibility index (Phi) is 12.1. The zero-order chi connectivity index (χ0) is 9.23. The quantitative estimate of drug-likeness (QED) is 0.364. The first-order valence-electron chi connectivity index (χ1n) is 3.22. The summed E-state index contributed by atoms with van der Waals surface area (Å²) in [6, 6.07) is 0. The molecule has 13 heavy (non-hydrogen) atoms. The molecule has 0 radical (unpaired) electrons. The summed E-state index contributed by atoms with van der Waals surface area (Å²) in [5.74, 6) is -3.91. The molecule has 68 valence electrons. The van der Waals surface area contributed by atoms with E-state index in [0.29, 0.717) is 0 Å². The number of carbonyl (C=O) groups is 2. The first kappa shape index (κ1) is 20.0. The number of rotatable bonds is 2. The molecule has 0 unspecified atom stereocenters. The third kappa shape index (κ3) is 7.50. The Labute approximate surface area is 145 Å². The number of hydrogen-bond acceptors (Lipinski definition) is 2. The maximum absolute atomic E-state index is 10.4. The number of hydrogen-bond donors (Lipinski definition) is 2. The minimum absolute atomic E-state index is 0. The normalized spacial score (nSPS) is 9.85. The molecular weight excluding hydrogens is 210 g/mol. The molecule has 0 saturated carbocycles. The Bertz CT molecular complexity index is 182. The van der Waals surface area contributed by atoms with E-state index in [1.807, 2.05) is 0 Å². The smallest absolute Gasteiger partial charge is 1.00 e. The molecule has 0 saturated heterocycles. The van der Waals surface area contributed by atoms with E-state index in [4.69, 9.17) is 10.2 Å². The van der Waals surface area contributed by atoms with E-state index < -0.39 is 23.3 Å². The van der Waals surface area contributed by atoms with Crippen LogP contribution in [-0.2, 0) is 9.59 Å². The van der Waals surface area contributed by atoms with E-state index in [1.54, 1.807) is 20.8 Å². The van der Waals surface area contributed by atoms with E-state index >= 15 is 0 Å².